The predicted octanol–water partition coefficient (Wildman–Crippen LogP) is 2.76. The number of nitriles is 1. The van der Waals surface area contributed by atoms with Crippen molar-refractivity contribution in [1.82, 2.24) is 9.88 Å². The number of hydrogen-bond acceptors (Lipinski definition) is 5. The van der Waals surface area contributed by atoms with Gasteiger partial charge in [0.25, 0.3) is 17.6 Å². The number of carbonyl (C=O) groups is 3. The molecule has 1 aliphatic carbocycles. The number of amides is 2. The molecule has 1 fully saturated rings. The number of ketones is 1. The maximum Gasteiger partial charge on any atom is 0.294 e. The third kappa shape index (κ3) is 4.58. The zero-order valence-corrected chi connectivity index (χ0v) is 18.8. The van der Waals surface area contributed by atoms with Crippen LogP contribution in [0.25, 0.3) is 0 Å². The highest BCUT2D eigenvalue weighted by Crippen LogP contribution is 2.29. The van der Waals surface area contributed by atoms with Crippen LogP contribution in [0.2, 0.25) is 0 Å². The lowest BCUT2D eigenvalue weighted by molar-refractivity contribution is -0.119. The quantitative estimate of drug-likeness (QED) is 0.491. The smallest absolute Gasteiger partial charge is 0.294 e. The number of Topliss-reactive ketones (excluding diaryl/α,β-unsaturated/α-hetero) is 1. The zero-order valence-electron chi connectivity index (χ0n) is 18.8. The van der Waals surface area contributed by atoms with Crippen molar-refractivity contribution < 1.29 is 19.5 Å². The SMILES string of the molecule is Cc1c(C(=O)Nc2cccc(C#N)c2)c(C)n(C)c1C(=O)C(=O)N[C@]1(C)CC[C@@H](O)CC1. The van der Waals surface area contributed by atoms with E-state index in [0.717, 1.165) is 0 Å². The molecule has 3 rings (SSSR count). The number of benzene rings is 1. The van der Waals surface area contributed by atoms with Gasteiger partial charge in [-0.3, -0.25) is 14.4 Å². The Labute approximate surface area is 187 Å². The van der Waals surface area contributed by atoms with E-state index in [-0.39, 0.29) is 11.8 Å². The Balaban J connectivity index is 1.83. The lowest BCUT2D eigenvalue weighted by Crippen LogP contribution is -2.51. The minimum absolute atomic E-state index is 0.162. The van der Waals surface area contributed by atoms with Crippen molar-refractivity contribution in [2.24, 2.45) is 7.05 Å². The van der Waals surface area contributed by atoms with Crippen molar-refractivity contribution in [2.45, 2.75) is 58.1 Å². The molecular formula is C24H28N4O4. The van der Waals surface area contributed by atoms with Crippen LogP contribution in [0, 0.1) is 25.2 Å². The van der Waals surface area contributed by atoms with Crippen LogP contribution in [0.1, 0.15) is 70.3 Å². The summed E-state index contributed by atoms with van der Waals surface area (Å²) in [7, 11) is 1.65. The summed E-state index contributed by atoms with van der Waals surface area (Å²) in [4.78, 5) is 38.8. The van der Waals surface area contributed by atoms with Gasteiger partial charge in [0.05, 0.1) is 29.0 Å². The first-order chi connectivity index (χ1) is 15.1. The number of rotatable bonds is 5. The van der Waals surface area contributed by atoms with Gasteiger partial charge < -0.3 is 20.3 Å². The molecule has 8 nitrogen and oxygen atoms in total. The van der Waals surface area contributed by atoms with Crippen molar-refractivity contribution in [1.29, 1.82) is 5.26 Å². The average Bonchev–Trinajstić information content (AvgIpc) is 2.98. The van der Waals surface area contributed by atoms with E-state index < -0.39 is 23.1 Å². The molecule has 0 saturated heterocycles. The monoisotopic (exact) mass is 436 g/mol. The van der Waals surface area contributed by atoms with Crippen LogP contribution in [0.3, 0.4) is 0 Å². The first-order valence-electron chi connectivity index (χ1n) is 10.6. The van der Waals surface area contributed by atoms with Gasteiger partial charge in [0, 0.05) is 24.0 Å². The fourth-order valence-corrected chi connectivity index (χ4v) is 4.30. The van der Waals surface area contributed by atoms with Crippen LogP contribution in [0.4, 0.5) is 5.69 Å². The molecule has 0 spiro atoms. The van der Waals surface area contributed by atoms with E-state index in [0.29, 0.717) is 53.8 Å². The molecule has 0 radical (unpaired) electrons. The first kappa shape index (κ1) is 23.2. The second kappa shape index (κ2) is 8.97. The Bertz CT molecular complexity index is 1120. The minimum atomic E-state index is -0.721. The van der Waals surface area contributed by atoms with Crippen LogP contribution < -0.4 is 10.6 Å². The highest BCUT2D eigenvalue weighted by atomic mass is 16.3. The number of anilines is 1. The number of hydrogen-bond donors (Lipinski definition) is 3. The molecule has 1 heterocycles. The van der Waals surface area contributed by atoms with Gasteiger partial charge in [0.1, 0.15) is 0 Å². The summed E-state index contributed by atoms with van der Waals surface area (Å²) in [5.41, 5.74) is 1.79. The molecule has 1 saturated carbocycles. The Kier molecular flexibility index (Phi) is 6.51. The van der Waals surface area contributed by atoms with Crippen LogP contribution in [-0.4, -0.2) is 38.9 Å². The largest absolute Gasteiger partial charge is 0.393 e. The molecule has 1 aromatic heterocycles. The van der Waals surface area contributed by atoms with E-state index in [4.69, 9.17) is 5.26 Å². The molecular weight excluding hydrogens is 408 g/mol. The molecule has 3 N–H and O–H groups in total. The third-order valence-corrected chi connectivity index (χ3v) is 6.30. The Hall–Kier alpha value is -3.44. The summed E-state index contributed by atoms with van der Waals surface area (Å²) >= 11 is 0. The Morgan fingerprint density at radius 1 is 1.22 bits per heavy atom. The van der Waals surface area contributed by atoms with Gasteiger partial charge in [-0.25, -0.2) is 0 Å². The van der Waals surface area contributed by atoms with E-state index in [1.165, 1.54) is 0 Å². The molecule has 32 heavy (non-hydrogen) atoms. The number of nitrogens with zero attached hydrogens (tertiary/aromatic N) is 2. The Morgan fingerprint density at radius 3 is 2.50 bits per heavy atom. The number of carbonyl (C=O) groups excluding carboxylic acids is 3. The lowest BCUT2D eigenvalue weighted by Gasteiger charge is -2.36. The molecule has 2 aromatic rings. The number of nitrogens with one attached hydrogen (secondary N) is 2. The maximum atomic E-state index is 13.0. The number of aliphatic hydroxyl groups is 1. The Morgan fingerprint density at radius 2 is 1.88 bits per heavy atom. The van der Waals surface area contributed by atoms with E-state index in [9.17, 15) is 19.5 Å². The maximum absolute atomic E-state index is 13.0. The van der Waals surface area contributed by atoms with Crippen molar-refractivity contribution in [3.8, 4) is 6.07 Å². The second-order valence-electron chi connectivity index (χ2n) is 8.71. The van der Waals surface area contributed by atoms with Crippen LogP contribution in [0.5, 0.6) is 0 Å². The zero-order chi connectivity index (χ0) is 23.6. The molecule has 0 bridgehead atoms. The van der Waals surface area contributed by atoms with E-state index in [1.807, 2.05) is 13.0 Å². The number of aliphatic hydroxyl groups excluding tert-OH is 1. The average molecular weight is 437 g/mol. The predicted molar refractivity (Wildman–Crippen MR) is 119 cm³/mol. The minimum Gasteiger partial charge on any atom is -0.393 e. The summed E-state index contributed by atoms with van der Waals surface area (Å²) in [5, 5.41) is 24.4. The molecule has 1 aromatic carbocycles. The highest BCUT2D eigenvalue weighted by molar-refractivity contribution is 6.43. The third-order valence-electron chi connectivity index (χ3n) is 6.30. The van der Waals surface area contributed by atoms with Crippen LogP contribution in [0.15, 0.2) is 24.3 Å². The molecule has 0 aliphatic heterocycles. The molecule has 0 unspecified atom stereocenters. The summed E-state index contributed by atoms with van der Waals surface area (Å²) in [5.74, 6) is -1.84. The normalized spacial score (nSPS) is 20.3. The van der Waals surface area contributed by atoms with Gasteiger partial charge >= 0.3 is 0 Å². The topological polar surface area (TPSA) is 124 Å². The van der Waals surface area contributed by atoms with Crippen LogP contribution >= 0.6 is 0 Å². The summed E-state index contributed by atoms with van der Waals surface area (Å²) < 4.78 is 1.56. The van der Waals surface area contributed by atoms with Gasteiger partial charge in [-0.2, -0.15) is 5.26 Å². The van der Waals surface area contributed by atoms with Crippen molar-refractivity contribution in [3.05, 3.63) is 52.3 Å². The summed E-state index contributed by atoms with van der Waals surface area (Å²) in [6.07, 6.45) is 1.96. The van der Waals surface area contributed by atoms with Gasteiger partial charge in [-0.15, -0.1) is 0 Å². The van der Waals surface area contributed by atoms with Gasteiger partial charge in [-0.1, -0.05) is 6.07 Å². The fourth-order valence-electron chi connectivity index (χ4n) is 4.30. The lowest BCUT2D eigenvalue weighted by atomic mass is 9.82. The van der Waals surface area contributed by atoms with E-state index >= 15 is 0 Å². The molecule has 168 valence electrons. The van der Waals surface area contributed by atoms with E-state index in [1.54, 1.807) is 49.7 Å². The van der Waals surface area contributed by atoms with Gasteiger partial charge in [0.2, 0.25) is 0 Å². The molecule has 1 aliphatic rings. The highest BCUT2D eigenvalue weighted by Gasteiger charge is 2.35. The van der Waals surface area contributed by atoms with Crippen molar-refractivity contribution in [2.75, 3.05) is 5.32 Å². The van der Waals surface area contributed by atoms with Gasteiger partial charge in [-0.05, 0) is 70.2 Å². The standard InChI is InChI=1S/C24H28N4O4/c1-14-19(22(31)26-17-7-5-6-16(12-17)13-25)15(2)28(4)20(14)21(30)23(32)27-24(3)10-8-18(29)9-11-24/h5-7,12,18,29H,8-11H2,1-4H3,(H,26,31)(H,27,32)/t18-,24-. The second-order valence-corrected chi connectivity index (χ2v) is 8.71. The molecule has 2 amide bonds. The van der Waals surface area contributed by atoms with Gasteiger partial charge in [0.15, 0.2) is 0 Å². The molecule has 0 atom stereocenters. The van der Waals surface area contributed by atoms with Crippen molar-refractivity contribution in [3.63, 3.8) is 0 Å². The summed E-state index contributed by atoms with van der Waals surface area (Å²) in [6.45, 7) is 5.24. The summed E-state index contributed by atoms with van der Waals surface area (Å²) in [6, 6.07) is 8.57. The molecule has 8 heteroatoms. The fraction of sp³-hybridized carbons (Fsp3) is 0.417. The van der Waals surface area contributed by atoms with E-state index in [2.05, 4.69) is 10.6 Å². The first-order valence-corrected chi connectivity index (χ1v) is 10.6. The van der Waals surface area contributed by atoms with Crippen LogP contribution in [-0.2, 0) is 11.8 Å². The number of aromatic nitrogens is 1. The van der Waals surface area contributed by atoms with Crippen molar-refractivity contribution >= 4 is 23.3 Å².